The van der Waals surface area contributed by atoms with Gasteiger partial charge in [-0.25, -0.2) is 0 Å². The Morgan fingerprint density at radius 2 is 2.25 bits per heavy atom. The first-order valence-corrected chi connectivity index (χ1v) is 6.89. The average molecular weight is 248 g/mol. The Kier molecular flexibility index (Phi) is 3.70. The van der Waals surface area contributed by atoms with Crippen LogP contribution in [-0.2, 0) is 6.42 Å². The molecular weight excluding hydrogens is 236 g/mol. The third kappa shape index (κ3) is 2.68. The highest BCUT2D eigenvalue weighted by Gasteiger charge is 2.04. The molecule has 0 saturated heterocycles. The zero-order chi connectivity index (χ0) is 11.4. The van der Waals surface area contributed by atoms with Gasteiger partial charge in [0.15, 0.2) is 5.78 Å². The molecule has 2 heterocycles. The molecule has 0 bridgehead atoms. The minimum atomic E-state index is 0.0934. The first-order valence-electron chi connectivity index (χ1n) is 5.13. The first-order chi connectivity index (χ1) is 7.79. The number of rotatable bonds is 4. The van der Waals surface area contributed by atoms with Crippen molar-refractivity contribution in [1.82, 2.24) is 0 Å². The molecule has 2 rings (SSSR count). The summed E-state index contributed by atoms with van der Waals surface area (Å²) in [5.41, 5.74) is 1.09. The number of hydrogen-bond donors (Lipinski definition) is 0. The van der Waals surface area contributed by atoms with Crippen molar-refractivity contribution in [3.63, 3.8) is 0 Å². The van der Waals surface area contributed by atoms with Gasteiger partial charge in [0.1, 0.15) is 0 Å². The van der Waals surface area contributed by atoms with E-state index in [4.69, 9.17) is 0 Å². The Balaban J connectivity index is 2.08. The number of thiophene rings is 2. The van der Waals surface area contributed by atoms with Gasteiger partial charge in [-0.2, -0.15) is 11.3 Å². The van der Waals surface area contributed by atoms with Crippen LogP contribution in [0.5, 0.6) is 0 Å². The van der Waals surface area contributed by atoms with E-state index in [1.54, 1.807) is 28.7 Å². The summed E-state index contributed by atoms with van der Waals surface area (Å²) in [5.74, 6) is 0.0934. The van der Waals surface area contributed by atoms with E-state index < -0.39 is 0 Å². The predicted molar refractivity (Wildman–Crippen MR) is 71.4 cm³/mol. The van der Waals surface area contributed by atoms with Gasteiger partial charge in [0.2, 0.25) is 0 Å². The summed E-state index contributed by atoms with van der Waals surface area (Å²) in [6, 6.07) is 5.93. The van der Waals surface area contributed by atoms with Crippen LogP contribution in [0.2, 0.25) is 0 Å². The second-order valence-corrected chi connectivity index (χ2v) is 5.32. The van der Waals surface area contributed by atoms with Crippen molar-refractivity contribution >= 4 is 34.5 Å². The standard InChI is InChI=1S/C13H12OS2/c1-2-11-4-6-13(16-11)12(14)5-3-10-7-8-15-9-10/h3-9H,2H2,1H3/b5-3+. The predicted octanol–water partition coefficient (Wildman–Crippen LogP) is 4.27. The van der Waals surface area contributed by atoms with Crippen LogP contribution >= 0.6 is 22.7 Å². The Bertz CT molecular complexity index is 492. The first kappa shape index (κ1) is 11.3. The van der Waals surface area contributed by atoms with E-state index >= 15 is 0 Å². The molecule has 0 spiro atoms. The minimum Gasteiger partial charge on any atom is -0.288 e. The van der Waals surface area contributed by atoms with Crippen LogP contribution in [0.1, 0.15) is 27.0 Å². The molecule has 16 heavy (non-hydrogen) atoms. The molecule has 3 heteroatoms. The van der Waals surface area contributed by atoms with Crippen LogP contribution in [0.15, 0.2) is 35.0 Å². The summed E-state index contributed by atoms with van der Waals surface area (Å²) >= 11 is 3.21. The number of hydrogen-bond acceptors (Lipinski definition) is 3. The molecule has 0 fully saturated rings. The van der Waals surface area contributed by atoms with Gasteiger partial charge in [0, 0.05) is 4.88 Å². The highest BCUT2D eigenvalue weighted by Crippen LogP contribution is 2.18. The Hall–Kier alpha value is -1.19. The zero-order valence-corrected chi connectivity index (χ0v) is 10.6. The van der Waals surface area contributed by atoms with Crippen LogP contribution in [0, 0.1) is 0 Å². The third-order valence-electron chi connectivity index (χ3n) is 2.22. The molecule has 0 aliphatic carbocycles. The van der Waals surface area contributed by atoms with E-state index in [1.165, 1.54) is 4.88 Å². The second-order valence-electron chi connectivity index (χ2n) is 3.37. The van der Waals surface area contributed by atoms with Gasteiger partial charge in [0.25, 0.3) is 0 Å². The molecule has 82 valence electrons. The maximum atomic E-state index is 11.8. The fourth-order valence-corrected chi connectivity index (χ4v) is 2.82. The lowest BCUT2D eigenvalue weighted by Gasteiger charge is -1.88. The van der Waals surface area contributed by atoms with Crippen molar-refractivity contribution in [3.05, 3.63) is 50.4 Å². The lowest BCUT2D eigenvalue weighted by molar-refractivity contribution is 0.105. The van der Waals surface area contributed by atoms with Crippen molar-refractivity contribution < 1.29 is 4.79 Å². The van der Waals surface area contributed by atoms with Gasteiger partial charge in [0.05, 0.1) is 4.88 Å². The molecule has 0 N–H and O–H groups in total. The van der Waals surface area contributed by atoms with Crippen molar-refractivity contribution in [3.8, 4) is 0 Å². The Morgan fingerprint density at radius 3 is 2.88 bits per heavy atom. The maximum absolute atomic E-state index is 11.8. The van der Waals surface area contributed by atoms with E-state index in [9.17, 15) is 4.79 Å². The highest BCUT2D eigenvalue weighted by molar-refractivity contribution is 7.14. The number of carbonyl (C=O) groups excluding carboxylic acids is 1. The van der Waals surface area contributed by atoms with Crippen LogP contribution in [0.25, 0.3) is 6.08 Å². The molecule has 0 atom stereocenters. The molecular formula is C13H12OS2. The summed E-state index contributed by atoms with van der Waals surface area (Å²) < 4.78 is 0. The molecule has 0 unspecified atom stereocenters. The Morgan fingerprint density at radius 1 is 1.38 bits per heavy atom. The fourth-order valence-electron chi connectivity index (χ4n) is 1.32. The van der Waals surface area contributed by atoms with E-state index in [1.807, 2.05) is 35.0 Å². The van der Waals surface area contributed by atoms with E-state index in [-0.39, 0.29) is 5.78 Å². The van der Waals surface area contributed by atoms with Crippen molar-refractivity contribution in [1.29, 1.82) is 0 Å². The molecule has 0 aliphatic heterocycles. The molecule has 0 aromatic carbocycles. The van der Waals surface area contributed by atoms with E-state index in [0.29, 0.717) is 0 Å². The molecule has 0 radical (unpaired) electrons. The zero-order valence-electron chi connectivity index (χ0n) is 8.97. The molecule has 2 aromatic heterocycles. The van der Waals surface area contributed by atoms with Crippen LogP contribution in [0.3, 0.4) is 0 Å². The molecule has 0 aliphatic rings. The maximum Gasteiger partial charge on any atom is 0.195 e. The fraction of sp³-hybridized carbons (Fsp3) is 0.154. The summed E-state index contributed by atoms with van der Waals surface area (Å²) in [7, 11) is 0. The summed E-state index contributed by atoms with van der Waals surface area (Å²) in [6.07, 6.45) is 4.50. The van der Waals surface area contributed by atoms with Gasteiger partial charge in [-0.05, 0) is 47.0 Å². The normalized spacial score (nSPS) is 11.1. The van der Waals surface area contributed by atoms with Gasteiger partial charge in [-0.1, -0.05) is 13.0 Å². The van der Waals surface area contributed by atoms with Crippen LogP contribution in [-0.4, -0.2) is 5.78 Å². The number of allylic oxidation sites excluding steroid dienone is 1. The topological polar surface area (TPSA) is 17.1 Å². The second kappa shape index (κ2) is 5.23. The molecule has 0 amide bonds. The lowest BCUT2D eigenvalue weighted by Crippen LogP contribution is -1.88. The van der Waals surface area contributed by atoms with Gasteiger partial charge in [-0.15, -0.1) is 11.3 Å². The van der Waals surface area contributed by atoms with Crippen molar-refractivity contribution in [2.75, 3.05) is 0 Å². The minimum absolute atomic E-state index is 0.0934. The SMILES string of the molecule is CCc1ccc(C(=O)/C=C/c2ccsc2)s1. The summed E-state index contributed by atoms with van der Waals surface area (Å²) in [6.45, 7) is 2.10. The van der Waals surface area contributed by atoms with Crippen molar-refractivity contribution in [2.45, 2.75) is 13.3 Å². The smallest absolute Gasteiger partial charge is 0.195 e. The lowest BCUT2D eigenvalue weighted by atomic mass is 10.2. The van der Waals surface area contributed by atoms with Gasteiger partial charge in [-0.3, -0.25) is 4.79 Å². The Labute approximate surface area is 103 Å². The van der Waals surface area contributed by atoms with Gasteiger partial charge < -0.3 is 0 Å². The van der Waals surface area contributed by atoms with Crippen molar-refractivity contribution in [2.24, 2.45) is 0 Å². The average Bonchev–Trinajstić information content (AvgIpc) is 2.96. The van der Waals surface area contributed by atoms with Crippen LogP contribution in [0.4, 0.5) is 0 Å². The molecule has 0 saturated carbocycles. The van der Waals surface area contributed by atoms with E-state index in [0.717, 1.165) is 16.9 Å². The van der Waals surface area contributed by atoms with Gasteiger partial charge >= 0.3 is 0 Å². The van der Waals surface area contributed by atoms with Crippen LogP contribution < -0.4 is 0 Å². The number of aryl methyl sites for hydroxylation is 1. The monoisotopic (exact) mass is 248 g/mol. The summed E-state index contributed by atoms with van der Waals surface area (Å²) in [4.78, 5) is 13.9. The quantitative estimate of drug-likeness (QED) is 0.583. The highest BCUT2D eigenvalue weighted by atomic mass is 32.1. The largest absolute Gasteiger partial charge is 0.288 e. The third-order valence-corrected chi connectivity index (χ3v) is 4.17. The van der Waals surface area contributed by atoms with E-state index in [2.05, 4.69) is 6.92 Å². The summed E-state index contributed by atoms with van der Waals surface area (Å²) in [5, 5.41) is 4.03. The molecule has 1 nitrogen and oxygen atoms in total. The number of carbonyl (C=O) groups is 1. The molecule has 2 aromatic rings. The number of ketones is 1.